The summed E-state index contributed by atoms with van der Waals surface area (Å²) in [5.41, 5.74) is 1.21. The van der Waals surface area contributed by atoms with Gasteiger partial charge in [0.05, 0.1) is 7.11 Å². The number of hydrogen-bond donors (Lipinski definition) is 1. The maximum Gasteiger partial charge on any atom is 0.120 e. The van der Waals surface area contributed by atoms with Crippen molar-refractivity contribution in [2.75, 3.05) is 12.4 Å². The summed E-state index contributed by atoms with van der Waals surface area (Å²) in [6.07, 6.45) is 5.69. The number of anilines is 1. The van der Waals surface area contributed by atoms with Crippen molar-refractivity contribution in [3.05, 3.63) is 24.3 Å². The highest BCUT2D eigenvalue weighted by Gasteiger charge is 2.39. The van der Waals surface area contributed by atoms with Crippen molar-refractivity contribution < 1.29 is 4.74 Å². The first kappa shape index (κ1) is 10.0. The van der Waals surface area contributed by atoms with Gasteiger partial charge in [-0.2, -0.15) is 0 Å². The third-order valence-corrected chi connectivity index (χ3v) is 4.16. The maximum absolute atomic E-state index is 5.24. The van der Waals surface area contributed by atoms with E-state index >= 15 is 0 Å². The van der Waals surface area contributed by atoms with Crippen LogP contribution in [0.3, 0.4) is 0 Å². The molecule has 0 saturated heterocycles. The first-order chi connectivity index (χ1) is 7.85. The van der Waals surface area contributed by atoms with Crippen molar-refractivity contribution >= 4 is 5.69 Å². The first-order valence-electron chi connectivity index (χ1n) is 6.26. The summed E-state index contributed by atoms with van der Waals surface area (Å²) < 4.78 is 5.24. The third-order valence-electron chi connectivity index (χ3n) is 4.16. The molecular formula is C14H19NO. The average molecular weight is 217 g/mol. The van der Waals surface area contributed by atoms with Crippen molar-refractivity contribution in [3.8, 4) is 5.75 Å². The maximum atomic E-state index is 5.24. The van der Waals surface area contributed by atoms with Crippen LogP contribution in [0.4, 0.5) is 5.69 Å². The van der Waals surface area contributed by atoms with Crippen molar-refractivity contribution in [1.82, 2.24) is 0 Å². The van der Waals surface area contributed by atoms with Crippen LogP contribution in [0.15, 0.2) is 24.3 Å². The lowest BCUT2D eigenvalue weighted by atomic mass is 9.95. The molecule has 3 atom stereocenters. The molecule has 3 unspecified atom stereocenters. The highest BCUT2D eigenvalue weighted by atomic mass is 16.5. The average Bonchev–Trinajstić information content (AvgIpc) is 2.91. The van der Waals surface area contributed by atoms with E-state index in [4.69, 9.17) is 4.74 Å². The SMILES string of the molecule is COc1cccc(NC2CC3CCC2C3)c1. The van der Waals surface area contributed by atoms with Crippen LogP contribution < -0.4 is 10.1 Å². The number of hydrogen-bond acceptors (Lipinski definition) is 2. The van der Waals surface area contributed by atoms with Crippen LogP contribution in [-0.4, -0.2) is 13.2 Å². The molecule has 0 amide bonds. The Balaban J connectivity index is 1.69. The lowest BCUT2D eigenvalue weighted by Gasteiger charge is -2.24. The number of nitrogens with one attached hydrogen (secondary N) is 1. The second-order valence-corrected chi connectivity index (χ2v) is 5.16. The van der Waals surface area contributed by atoms with E-state index in [1.807, 2.05) is 12.1 Å². The number of methoxy groups -OCH3 is 1. The van der Waals surface area contributed by atoms with Gasteiger partial charge in [-0.25, -0.2) is 0 Å². The molecule has 86 valence electrons. The highest BCUT2D eigenvalue weighted by Crippen LogP contribution is 2.45. The van der Waals surface area contributed by atoms with Gasteiger partial charge in [0.2, 0.25) is 0 Å². The Morgan fingerprint density at radius 1 is 1.25 bits per heavy atom. The van der Waals surface area contributed by atoms with Gasteiger partial charge in [-0.1, -0.05) is 12.5 Å². The normalized spacial score (nSPS) is 31.7. The molecular weight excluding hydrogens is 198 g/mol. The molecule has 0 aromatic heterocycles. The molecule has 2 nitrogen and oxygen atoms in total. The quantitative estimate of drug-likeness (QED) is 0.838. The van der Waals surface area contributed by atoms with Gasteiger partial charge >= 0.3 is 0 Å². The van der Waals surface area contributed by atoms with E-state index in [9.17, 15) is 0 Å². The second-order valence-electron chi connectivity index (χ2n) is 5.16. The van der Waals surface area contributed by atoms with Crippen LogP contribution in [0.2, 0.25) is 0 Å². The minimum absolute atomic E-state index is 0.700. The molecule has 0 spiro atoms. The molecule has 16 heavy (non-hydrogen) atoms. The lowest BCUT2D eigenvalue weighted by Crippen LogP contribution is -2.25. The number of benzene rings is 1. The monoisotopic (exact) mass is 217 g/mol. The molecule has 0 heterocycles. The van der Waals surface area contributed by atoms with E-state index in [0.29, 0.717) is 6.04 Å². The Hall–Kier alpha value is -1.18. The van der Waals surface area contributed by atoms with Gasteiger partial charge < -0.3 is 10.1 Å². The zero-order valence-corrected chi connectivity index (χ0v) is 9.78. The van der Waals surface area contributed by atoms with Crippen LogP contribution in [0.25, 0.3) is 0 Å². The minimum Gasteiger partial charge on any atom is -0.497 e. The Morgan fingerprint density at radius 2 is 2.19 bits per heavy atom. The van der Waals surface area contributed by atoms with E-state index in [1.165, 1.54) is 31.4 Å². The topological polar surface area (TPSA) is 21.3 Å². The zero-order chi connectivity index (χ0) is 11.0. The second kappa shape index (κ2) is 4.00. The van der Waals surface area contributed by atoms with E-state index in [-0.39, 0.29) is 0 Å². The predicted molar refractivity (Wildman–Crippen MR) is 65.9 cm³/mol. The Morgan fingerprint density at radius 3 is 2.88 bits per heavy atom. The molecule has 1 N–H and O–H groups in total. The van der Waals surface area contributed by atoms with Crippen molar-refractivity contribution in [2.45, 2.75) is 31.7 Å². The smallest absolute Gasteiger partial charge is 0.120 e. The molecule has 0 aliphatic heterocycles. The van der Waals surface area contributed by atoms with Gasteiger partial charge in [0.15, 0.2) is 0 Å². The van der Waals surface area contributed by atoms with Gasteiger partial charge in [-0.15, -0.1) is 0 Å². The van der Waals surface area contributed by atoms with Crippen LogP contribution in [0.1, 0.15) is 25.7 Å². The van der Waals surface area contributed by atoms with E-state index in [0.717, 1.165) is 17.6 Å². The Labute approximate surface area is 97.0 Å². The van der Waals surface area contributed by atoms with E-state index < -0.39 is 0 Å². The molecule has 2 aliphatic carbocycles. The van der Waals surface area contributed by atoms with Gasteiger partial charge in [-0.05, 0) is 43.2 Å². The molecule has 1 aromatic rings. The number of ether oxygens (including phenoxy) is 1. The third kappa shape index (κ3) is 1.77. The number of rotatable bonds is 3. The van der Waals surface area contributed by atoms with Crippen LogP contribution in [0, 0.1) is 11.8 Å². The van der Waals surface area contributed by atoms with Crippen molar-refractivity contribution in [1.29, 1.82) is 0 Å². The van der Waals surface area contributed by atoms with Gasteiger partial charge in [0.1, 0.15) is 5.75 Å². The standard InChI is InChI=1S/C14H19NO/c1-16-13-4-2-3-12(9-13)15-14-8-10-5-6-11(14)7-10/h2-4,9-11,14-15H,5-8H2,1H3. The molecule has 2 fully saturated rings. The summed E-state index contributed by atoms with van der Waals surface area (Å²) in [5.74, 6) is 2.84. The fraction of sp³-hybridized carbons (Fsp3) is 0.571. The van der Waals surface area contributed by atoms with E-state index in [2.05, 4.69) is 17.4 Å². The minimum atomic E-state index is 0.700. The summed E-state index contributed by atoms with van der Waals surface area (Å²) in [5, 5.41) is 3.67. The summed E-state index contributed by atoms with van der Waals surface area (Å²) >= 11 is 0. The zero-order valence-electron chi connectivity index (χ0n) is 9.78. The molecule has 0 radical (unpaired) electrons. The number of fused-ring (bicyclic) bond motifs is 2. The summed E-state index contributed by atoms with van der Waals surface area (Å²) in [7, 11) is 1.72. The van der Waals surface area contributed by atoms with Crippen molar-refractivity contribution in [3.63, 3.8) is 0 Å². The van der Waals surface area contributed by atoms with Gasteiger partial charge in [-0.3, -0.25) is 0 Å². The molecule has 2 saturated carbocycles. The fourth-order valence-corrected chi connectivity index (χ4v) is 3.35. The fourth-order valence-electron chi connectivity index (χ4n) is 3.35. The van der Waals surface area contributed by atoms with Gasteiger partial charge in [0, 0.05) is 17.8 Å². The Bertz CT molecular complexity index is 377. The molecule has 2 heteroatoms. The Kier molecular flexibility index (Phi) is 2.50. The van der Waals surface area contributed by atoms with Crippen LogP contribution in [0.5, 0.6) is 5.75 Å². The summed E-state index contributed by atoms with van der Waals surface area (Å²) in [6, 6.07) is 8.96. The molecule has 2 aliphatic rings. The highest BCUT2D eigenvalue weighted by molar-refractivity contribution is 5.49. The summed E-state index contributed by atoms with van der Waals surface area (Å²) in [4.78, 5) is 0. The summed E-state index contributed by atoms with van der Waals surface area (Å²) in [6.45, 7) is 0. The molecule has 2 bridgehead atoms. The molecule has 3 rings (SSSR count). The van der Waals surface area contributed by atoms with Crippen LogP contribution in [-0.2, 0) is 0 Å². The predicted octanol–water partition coefficient (Wildman–Crippen LogP) is 3.30. The first-order valence-corrected chi connectivity index (χ1v) is 6.26. The largest absolute Gasteiger partial charge is 0.497 e. The van der Waals surface area contributed by atoms with Crippen LogP contribution >= 0.6 is 0 Å². The molecule has 1 aromatic carbocycles. The van der Waals surface area contributed by atoms with Gasteiger partial charge in [0.25, 0.3) is 0 Å². The lowest BCUT2D eigenvalue weighted by molar-refractivity contribution is 0.414. The van der Waals surface area contributed by atoms with Crippen molar-refractivity contribution in [2.24, 2.45) is 11.8 Å². The van der Waals surface area contributed by atoms with E-state index in [1.54, 1.807) is 7.11 Å².